The zero-order valence-corrected chi connectivity index (χ0v) is 12.6. The van der Waals surface area contributed by atoms with Gasteiger partial charge in [0.1, 0.15) is 12.0 Å². The summed E-state index contributed by atoms with van der Waals surface area (Å²) >= 11 is 0. The first-order valence-electron chi connectivity index (χ1n) is 7.83. The molecule has 4 rings (SSSR count). The van der Waals surface area contributed by atoms with E-state index in [1.54, 1.807) is 6.07 Å². The van der Waals surface area contributed by atoms with E-state index in [9.17, 15) is 14.7 Å². The number of rotatable bonds is 2. The molecular formula is C17H18N2O4. The number of pyridine rings is 1. The van der Waals surface area contributed by atoms with Gasteiger partial charge in [0.2, 0.25) is 5.43 Å². The maximum atomic E-state index is 12.0. The number of nitrogens with zero attached hydrogens (tertiary/aromatic N) is 2. The lowest BCUT2D eigenvalue weighted by molar-refractivity contribution is 0.107. The van der Waals surface area contributed by atoms with Gasteiger partial charge in [-0.25, -0.2) is 0 Å². The fourth-order valence-electron chi connectivity index (χ4n) is 3.87. The lowest BCUT2D eigenvalue weighted by Gasteiger charge is -2.42. The predicted molar refractivity (Wildman–Crippen MR) is 83.5 cm³/mol. The summed E-state index contributed by atoms with van der Waals surface area (Å²) in [6, 6.07) is 6.82. The van der Waals surface area contributed by atoms with Crippen molar-refractivity contribution in [1.82, 2.24) is 9.47 Å². The first-order chi connectivity index (χ1) is 11.1. The van der Waals surface area contributed by atoms with Crippen LogP contribution in [0.5, 0.6) is 5.75 Å². The molecule has 1 saturated heterocycles. The van der Waals surface area contributed by atoms with E-state index in [1.165, 1.54) is 6.07 Å². The number of aromatic nitrogens is 1. The maximum absolute atomic E-state index is 12.0. The first-order valence-corrected chi connectivity index (χ1v) is 7.83. The highest BCUT2D eigenvalue weighted by molar-refractivity contribution is 5.18. The first kappa shape index (κ1) is 14.3. The van der Waals surface area contributed by atoms with Gasteiger partial charge in [-0.3, -0.25) is 14.5 Å². The molecule has 120 valence electrons. The Kier molecular flexibility index (Phi) is 3.34. The fraction of sp³-hybridized carbons (Fsp3) is 0.412. The molecule has 2 bridgehead atoms. The van der Waals surface area contributed by atoms with E-state index in [-0.39, 0.29) is 11.3 Å². The molecule has 0 aliphatic carbocycles. The summed E-state index contributed by atoms with van der Waals surface area (Å²) in [7, 11) is 0. The topological polar surface area (TPSA) is 75.7 Å². The average molecular weight is 314 g/mol. The van der Waals surface area contributed by atoms with E-state index in [2.05, 4.69) is 4.90 Å². The van der Waals surface area contributed by atoms with E-state index in [1.807, 2.05) is 16.7 Å². The van der Waals surface area contributed by atoms with Gasteiger partial charge in [-0.15, -0.1) is 0 Å². The van der Waals surface area contributed by atoms with Gasteiger partial charge < -0.3 is 14.1 Å². The molecule has 0 saturated carbocycles. The Morgan fingerprint density at radius 2 is 2.09 bits per heavy atom. The lowest BCUT2D eigenvalue weighted by Crippen LogP contribution is -2.46. The second kappa shape index (κ2) is 5.38. The van der Waals surface area contributed by atoms with Crippen LogP contribution in [0.1, 0.15) is 23.8 Å². The molecule has 6 heteroatoms. The van der Waals surface area contributed by atoms with E-state index in [4.69, 9.17) is 4.42 Å². The molecule has 4 heterocycles. The molecule has 2 unspecified atom stereocenters. The Balaban J connectivity index is 1.57. The minimum atomic E-state index is -0.416. The zero-order chi connectivity index (χ0) is 16.0. The van der Waals surface area contributed by atoms with Crippen LogP contribution in [0.15, 0.2) is 44.5 Å². The highest BCUT2D eigenvalue weighted by atomic mass is 16.4. The average Bonchev–Trinajstić information content (AvgIpc) is 2.52. The normalized spacial score (nSPS) is 23.5. The van der Waals surface area contributed by atoms with E-state index < -0.39 is 5.43 Å². The van der Waals surface area contributed by atoms with Gasteiger partial charge in [-0.2, -0.15) is 0 Å². The van der Waals surface area contributed by atoms with Crippen LogP contribution < -0.4 is 11.0 Å². The molecule has 2 aliphatic rings. The molecule has 0 spiro atoms. The van der Waals surface area contributed by atoms with Crippen LogP contribution in [0.4, 0.5) is 0 Å². The molecular weight excluding hydrogens is 296 g/mol. The summed E-state index contributed by atoms with van der Waals surface area (Å²) in [4.78, 5) is 25.8. The molecule has 2 atom stereocenters. The van der Waals surface area contributed by atoms with Crippen LogP contribution in [0, 0.1) is 5.92 Å². The van der Waals surface area contributed by atoms with Crippen molar-refractivity contribution in [2.45, 2.75) is 25.4 Å². The van der Waals surface area contributed by atoms with E-state index in [0.717, 1.165) is 38.0 Å². The second-order valence-electron chi connectivity index (χ2n) is 6.49. The molecule has 0 radical (unpaired) electrons. The Morgan fingerprint density at radius 3 is 2.91 bits per heavy atom. The smallest absolute Gasteiger partial charge is 0.250 e. The third kappa shape index (κ3) is 2.59. The van der Waals surface area contributed by atoms with Crippen LogP contribution in [-0.2, 0) is 13.1 Å². The Labute approximate surface area is 132 Å². The van der Waals surface area contributed by atoms with Gasteiger partial charge in [0.15, 0.2) is 5.75 Å². The fourth-order valence-corrected chi connectivity index (χ4v) is 3.87. The summed E-state index contributed by atoms with van der Waals surface area (Å²) in [6.07, 6.45) is 2.19. The molecule has 2 aliphatic heterocycles. The number of piperidine rings is 1. The quantitative estimate of drug-likeness (QED) is 0.899. The molecule has 1 N–H and O–H groups in total. The second-order valence-corrected chi connectivity index (χ2v) is 6.49. The van der Waals surface area contributed by atoms with Gasteiger partial charge in [0.05, 0.1) is 6.54 Å². The minimum Gasteiger partial charge on any atom is -0.502 e. The standard InChI is InChI=1S/C17H18N2O4/c20-15-5-13(23-10-16(15)21)9-18-6-11-4-12(8-18)14-2-1-3-17(22)19(14)7-11/h1-3,5,10-12,21H,4,6-9H2. The van der Waals surface area contributed by atoms with E-state index in [0.29, 0.717) is 24.1 Å². The number of aromatic hydroxyl groups is 1. The summed E-state index contributed by atoms with van der Waals surface area (Å²) in [5, 5.41) is 9.26. The van der Waals surface area contributed by atoms with Crippen LogP contribution in [0.3, 0.4) is 0 Å². The summed E-state index contributed by atoms with van der Waals surface area (Å²) in [6.45, 7) is 3.01. The largest absolute Gasteiger partial charge is 0.502 e. The summed E-state index contributed by atoms with van der Waals surface area (Å²) < 4.78 is 7.21. The highest BCUT2D eigenvalue weighted by Crippen LogP contribution is 2.35. The van der Waals surface area contributed by atoms with Gasteiger partial charge in [0.25, 0.3) is 5.56 Å². The van der Waals surface area contributed by atoms with Crippen molar-refractivity contribution in [3.8, 4) is 5.75 Å². The third-order valence-corrected chi connectivity index (χ3v) is 4.80. The molecule has 1 fully saturated rings. The van der Waals surface area contributed by atoms with E-state index >= 15 is 0 Å². The highest BCUT2D eigenvalue weighted by Gasteiger charge is 2.34. The van der Waals surface area contributed by atoms with Gasteiger partial charge in [0, 0.05) is 43.4 Å². The zero-order valence-electron chi connectivity index (χ0n) is 12.6. The minimum absolute atomic E-state index is 0.0789. The molecule has 6 nitrogen and oxygen atoms in total. The van der Waals surface area contributed by atoms with Crippen LogP contribution in [-0.4, -0.2) is 27.7 Å². The van der Waals surface area contributed by atoms with Crippen molar-refractivity contribution >= 4 is 0 Å². The Morgan fingerprint density at radius 1 is 1.22 bits per heavy atom. The molecule has 0 aromatic carbocycles. The van der Waals surface area contributed by atoms with Gasteiger partial charge >= 0.3 is 0 Å². The van der Waals surface area contributed by atoms with Crippen molar-refractivity contribution in [2.75, 3.05) is 13.1 Å². The molecule has 0 amide bonds. The van der Waals surface area contributed by atoms with Crippen molar-refractivity contribution in [3.63, 3.8) is 0 Å². The number of hydrogen-bond acceptors (Lipinski definition) is 5. The number of likely N-dealkylation sites (tertiary alicyclic amines) is 1. The van der Waals surface area contributed by atoms with Crippen LogP contribution in [0.25, 0.3) is 0 Å². The Bertz CT molecular complexity index is 854. The van der Waals surface area contributed by atoms with Crippen molar-refractivity contribution in [2.24, 2.45) is 5.92 Å². The van der Waals surface area contributed by atoms with Crippen molar-refractivity contribution in [1.29, 1.82) is 0 Å². The number of fused-ring (bicyclic) bond motifs is 4. The molecule has 2 aromatic heterocycles. The van der Waals surface area contributed by atoms with Gasteiger partial charge in [-0.1, -0.05) is 6.07 Å². The van der Waals surface area contributed by atoms with Crippen molar-refractivity contribution in [3.05, 3.63) is 62.6 Å². The summed E-state index contributed by atoms with van der Waals surface area (Å²) in [5.74, 6) is 0.959. The van der Waals surface area contributed by atoms with Crippen LogP contribution in [0.2, 0.25) is 0 Å². The lowest BCUT2D eigenvalue weighted by atomic mass is 9.83. The molecule has 23 heavy (non-hydrogen) atoms. The van der Waals surface area contributed by atoms with Gasteiger partial charge in [-0.05, 0) is 18.4 Å². The predicted octanol–water partition coefficient (Wildman–Crippen LogP) is 1.13. The maximum Gasteiger partial charge on any atom is 0.250 e. The summed E-state index contributed by atoms with van der Waals surface area (Å²) in [5.41, 5.74) is 0.765. The van der Waals surface area contributed by atoms with Crippen molar-refractivity contribution < 1.29 is 9.52 Å². The van der Waals surface area contributed by atoms with Crippen LogP contribution >= 0.6 is 0 Å². The number of hydrogen-bond donors (Lipinski definition) is 1. The molecule has 2 aromatic rings. The third-order valence-electron chi connectivity index (χ3n) is 4.80. The Hall–Kier alpha value is -2.34. The SMILES string of the molecule is O=c1cc(CN2CC3CC(C2)c2cccc(=O)n2C3)occ1O. The monoisotopic (exact) mass is 314 g/mol.